The molecule has 20 heavy (non-hydrogen) atoms. The van der Waals surface area contributed by atoms with Gasteiger partial charge in [-0.3, -0.25) is 4.68 Å². The second-order valence-electron chi connectivity index (χ2n) is 5.80. The molecule has 1 aromatic rings. The lowest BCUT2D eigenvalue weighted by Crippen LogP contribution is -2.31. The fraction of sp³-hybridized carbons (Fsp3) is 0.812. The van der Waals surface area contributed by atoms with Gasteiger partial charge in [0.15, 0.2) is 0 Å². The van der Waals surface area contributed by atoms with Crippen molar-refractivity contribution in [1.82, 2.24) is 15.1 Å². The molecule has 1 aromatic heterocycles. The van der Waals surface area contributed by atoms with E-state index in [2.05, 4.69) is 65.6 Å². The first-order valence-corrected chi connectivity index (χ1v) is 8.80. The summed E-state index contributed by atoms with van der Waals surface area (Å²) in [5.74, 6) is 0.741. The molecule has 1 unspecified atom stereocenters. The zero-order valence-corrected chi connectivity index (χ0v) is 15.3. The van der Waals surface area contributed by atoms with Crippen LogP contribution in [0.15, 0.2) is 4.47 Å². The highest BCUT2D eigenvalue weighted by molar-refractivity contribution is 9.10. The van der Waals surface area contributed by atoms with Gasteiger partial charge in [0, 0.05) is 12.6 Å². The molecule has 0 saturated heterocycles. The quantitative estimate of drug-likeness (QED) is 0.728. The van der Waals surface area contributed by atoms with Crippen LogP contribution in [0, 0.1) is 5.92 Å². The van der Waals surface area contributed by atoms with E-state index < -0.39 is 0 Å². The van der Waals surface area contributed by atoms with Crippen LogP contribution in [0.5, 0.6) is 0 Å². The van der Waals surface area contributed by atoms with Crippen LogP contribution in [0.2, 0.25) is 0 Å². The summed E-state index contributed by atoms with van der Waals surface area (Å²) in [4.78, 5) is 0. The minimum absolute atomic E-state index is 0.609. The van der Waals surface area contributed by atoms with Crippen LogP contribution in [0.3, 0.4) is 0 Å². The van der Waals surface area contributed by atoms with Crippen LogP contribution < -0.4 is 5.32 Å². The SMILES string of the molecule is CCNC(CCc1c(Br)c(CC)nn1CC)CC(C)C. The minimum atomic E-state index is 0.609. The summed E-state index contributed by atoms with van der Waals surface area (Å²) in [6, 6.07) is 0.609. The Bertz CT molecular complexity index is 399. The van der Waals surface area contributed by atoms with Crippen LogP contribution in [0.1, 0.15) is 58.8 Å². The summed E-state index contributed by atoms with van der Waals surface area (Å²) in [7, 11) is 0. The summed E-state index contributed by atoms with van der Waals surface area (Å²) in [5.41, 5.74) is 2.54. The van der Waals surface area contributed by atoms with Crippen molar-refractivity contribution in [3.8, 4) is 0 Å². The topological polar surface area (TPSA) is 29.9 Å². The Morgan fingerprint density at radius 2 is 1.95 bits per heavy atom. The number of hydrogen-bond acceptors (Lipinski definition) is 2. The lowest BCUT2D eigenvalue weighted by atomic mass is 9.99. The average molecular weight is 344 g/mol. The number of halogens is 1. The van der Waals surface area contributed by atoms with Crippen LogP contribution in [0.25, 0.3) is 0 Å². The molecule has 0 aliphatic heterocycles. The highest BCUT2D eigenvalue weighted by Gasteiger charge is 2.16. The smallest absolute Gasteiger partial charge is 0.0766 e. The molecule has 116 valence electrons. The van der Waals surface area contributed by atoms with Crippen LogP contribution in [-0.4, -0.2) is 22.4 Å². The maximum absolute atomic E-state index is 4.68. The van der Waals surface area contributed by atoms with E-state index in [-0.39, 0.29) is 0 Å². The number of rotatable bonds is 9. The zero-order chi connectivity index (χ0) is 15.1. The fourth-order valence-corrected chi connectivity index (χ4v) is 3.49. The van der Waals surface area contributed by atoms with Gasteiger partial charge in [0.05, 0.1) is 15.9 Å². The van der Waals surface area contributed by atoms with Crippen molar-refractivity contribution in [3.63, 3.8) is 0 Å². The third-order valence-corrected chi connectivity index (χ3v) is 4.59. The van der Waals surface area contributed by atoms with Crippen molar-refractivity contribution in [2.75, 3.05) is 6.54 Å². The Labute approximate surface area is 132 Å². The zero-order valence-electron chi connectivity index (χ0n) is 13.7. The Hall–Kier alpha value is -0.350. The second-order valence-corrected chi connectivity index (χ2v) is 6.59. The van der Waals surface area contributed by atoms with Gasteiger partial charge in [0.1, 0.15) is 0 Å². The van der Waals surface area contributed by atoms with Crippen molar-refractivity contribution >= 4 is 15.9 Å². The number of nitrogens with zero attached hydrogens (tertiary/aromatic N) is 2. The molecule has 1 atom stereocenters. The van der Waals surface area contributed by atoms with E-state index in [1.54, 1.807) is 0 Å². The molecule has 0 spiro atoms. The van der Waals surface area contributed by atoms with E-state index in [9.17, 15) is 0 Å². The van der Waals surface area contributed by atoms with Gasteiger partial charge in [-0.15, -0.1) is 0 Å². The molecule has 1 heterocycles. The molecular weight excluding hydrogens is 314 g/mol. The predicted octanol–water partition coefficient (Wildman–Crippen LogP) is 4.18. The van der Waals surface area contributed by atoms with Gasteiger partial charge in [-0.05, 0) is 61.0 Å². The summed E-state index contributed by atoms with van der Waals surface area (Å²) in [6.45, 7) is 13.1. The van der Waals surface area contributed by atoms with Crippen molar-refractivity contribution in [2.24, 2.45) is 5.92 Å². The third-order valence-electron chi connectivity index (χ3n) is 3.67. The maximum Gasteiger partial charge on any atom is 0.0766 e. The van der Waals surface area contributed by atoms with Crippen molar-refractivity contribution in [2.45, 2.75) is 72.9 Å². The molecule has 0 aliphatic carbocycles. The standard InChI is InChI=1S/C16H30BrN3/c1-6-14-16(17)15(20(8-3)19-14)10-9-13(18-7-2)11-12(4)5/h12-13,18H,6-11H2,1-5H3. The van der Waals surface area contributed by atoms with Gasteiger partial charge >= 0.3 is 0 Å². The number of aromatic nitrogens is 2. The minimum Gasteiger partial charge on any atom is -0.314 e. The Balaban J connectivity index is 2.73. The van der Waals surface area contributed by atoms with E-state index in [0.29, 0.717) is 6.04 Å². The monoisotopic (exact) mass is 343 g/mol. The van der Waals surface area contributed by atoms with Gasteiger partial charge in [0.25, 0.3) is 0 Å². The molecule has 0 aromatic carbocycles. The Kier molecular flexibility index (Phi) is 7.82. The molecule has 0 fully saturated rings. The number of hydrogen-bond donors (Lipinski definition) is 1. The van der Waals surface area contributed by atoms with E-state index in [4.69, 9.17) is 0 Å². The van der Waals surface area contributed by atoms with Crippen molar-refractivity contribution < 1.29 is 0 Å². The highest BCUT2D eigenvalue weighted by Crippen LogP contribution is 2.24. The van der Waals surface area contributed by atoms with E-state index in [1.807, 2.05) is 0 Å². The number of nitrogens with one attached hydrogen (secondary N) is 1. The first-order chi connectivity index (χ1) is 9.53. The van der Waals surface area contributed by atoms with Gasteiger partial charge in [-0.2, -0.15) is 5.10 Å². The van der Waals surface area contributed by atoms with Crippen LogP contribution >= 0.6 is 15.9 Å². The maximum atomic E-state index is 4.68. The van der Waals surface area contributed by atoms with Gasteiger partial charge < -0.3 is 5.32 Å². The largest absolute Gasteiger partial charge is 0.314 e. The molecule has 1 N–H and O–H groups in total. The third kappa shape index (κ3) is 4.88. The van der Waals surface area contributed by atoms with Crippen molar-refractivity contribution in [1.29, 1.82) is 0 Å². The highest BCUT2D eigenvalue weighted by atomic mass is 79.9. The number of aryl methyl sites for hydroxylation is 2. The van der Waals surface area contributed by atoms with E-state index in [0.717, 1.165) is 31.8 Å². The molecular formula is C16H30BrN3. The van der Waals surface area contributed by atoms with Crippen LogP contribution in [0.4, 0.5) is 0 Å². The normalized spacial score (nSPS) is 13.2. The Morgan fingerprint density at radius 1 is 1.25 bits per heavy atom. The summed E-state index contributed by atoms with van der Waals surface area (Å²) in [6.07, 6.45) is 4.50. The second kappa shape index (κ2) is 8.83. The van der Waals surface area contributed by atoms with E-state index in [1.165, 1.54) is 28.7 Å². The summed E-state index contributed by atoms with van der Waals surface area (Å²) in [5, 5.41) is 8.30. The molecule has 0 amide bonds. The lowest BCUT2D eigenvalue weighted by Gasteiger charge is -2.20. The molecule has 0 radical (unpaired) electrons. The molecule has 0 saturated carbocycles. The predicted molar refractivity (Wildman–Crippen MR) is 90.2 cm³/mol. The van der Waals surface area contributed by atoms with Gasteiger partial charge in [-0.1, -0.05) is 27.7 Å². The van der Waals surface area contributed by atoms with Crippen LogP contribution in [-0.2, 0) is 19.4 Å². The van der Waals surface area contributed by atoms with Gasteiger partial charge in [0.2, 0.25) is 0 Å². The fourth-order valence-electron chi connectivity index (χ4n) is 2.73. The average Bonchev–Trinajstić information content (AvgIpc) is 2.71. The molecule has 1 rings (SSSR count). The first-order valence-electron chi connectivity index (χ1n) is 8.00. The van der Waals surface area contributed by atoms with E-state index >= 15 is 0 Å². The first kappa shape index (κ1) is 17.7. The van der Waals surface area contributed by atoms with Gasteiger partial charge in [-0.25, -0.2) is 0 Å². The molecule has 0 aliphatic rings. The lowest BCUT2D eigenvalue weighted by molar-refractivity contribution is 0.401. The summed E-state index contributed by atoms with van der Waals surface area (Å²) < 4.78 is 3.38. The molecule has 0 bridgehead atoms. The molecule has 3 nitrogen and oxygen atoms in total. The molecule has 4 heteroatoms. The summed E-state index contributed by atoms with van der Waals surface area (Å²) >= 11 is 3.74. The van der Waals surface area contributed by atoms with Crippen molar-refractivity contribution in [3.05, 3.63) is 15.9 Å². The Morgan fingerprint density at radius 3 is 2.45 bits per heavy atom.